The van der Waals surface area contributed by atoms with Gasteiger partial charge in [-0.25, -0.2) is 0 Å². The first kappa shape index (κ1) is 49.2. The lowest BCUT2D eigenvalue weighted by atomic mass is 10.0. The number of unbranched alkanes of at least 4 members (excludes halogenated alkanes) is 12. The molecule has 0 fully saturated rings. The summed E-state index contributed by atoms with van der Waals surface area (Å²) in [4.78, 5) is 25.1. The van der Waals surface area contributed by atoms with Crippen molar-refractivity contribution in [3.05, 3.63) is 60.8 Å². The van der Waals surface area contributed by atoms with E-state index in [1.54, 1.807) is 0 Å². The van der Waals surface area contributed by atoms with E-state index in [0.29, 0.717) is 23.9 Å². The number of nitrogens with one attached hydrogen (secondary N) is 1. The summed E-state index contributed by atoms with van der Waals surface area (Å²) in [6.45, 7) is 4.50. The SMILES string of the molecule is CC/C=C\C/C=C\C/C=C\C/C=C\C/C=C\CCCCCCCCCC(=O)NC(COP(=O)([O-])OCC[N+](C)(C)C)C(O)CCCCCCCC. The predicted octanol–water partition coefficient (Wildman–Crippen LogP) is 10.1. The molecule has 0 bridgehead atoms. The van der Waals surface area contributed by atoms with Gasteiger partial charge in [0, 0.05) is 6.42 Å². The number of hydrogen-bond donors (Lipinski definition) is 2. The topological polar surface area (TPSA) is 108 Å². The maximum atomic E-state index is 12.8. The number of phosphoric acid groups is 1. The van der Waals surface area contributed by atoms with Gasteiger partial charge < -0.3 is 28.8 Å². The van der Waals surface area contributed by atoms with Gasteiger partial charge in [-0.1, -0.05) is 145 Å². The molecule has 0 radical (unpaired) electrons. The molecule has 51 heavy (non-hydrogen) atoms. The molecule has 0 heterocycles. The Kier molecular flexibility index (Phi) is 32.8. The highest BCUT2D eigenvalue weighted by molar-refractivity contribution is 7.45. The van der Waals surface area contributed by atoms with Crippen molar-refractivity contribution >= 4 is 13.7 Å². The van der Waals surface area contributed by atoms with E-state index >= 15 is 0 Å². The van der Waals surface area contributed by atoms with Gasteiger partial charge in [-0.05, 0) is 57.8 Å². The van der Waals surface area contributed by atoms with Crippen molar-refractivity contribution < 1.29 is 32.9 Å². The zero-order valence-corrected chi connectivity index (χ0v) is 34.2. The minimum Gasteiger partial charge on any atom is -0.756 e. The molecule has 8 nitrogen and oxygen atoms in total. The van der Waals surface area contributed by atoms with Gasteiger partial charge in [0.2, 0.25) is 5.91 Å². The smallest absolute Gasteiger partial charge is 0.268 e. The number of carbonyl (C=O) groups is 1. The van der Waals surface area contributed by atoms with Crippen LogP contribution < -0.4 is 10.2 Å². The normalized spacial score (nSPS) is 15.2. The van der Waals surface area contributed by atoms with Gasteiger partial charge in [-0.2, -0.15) is 0 Å². The Balaban J connectivity index is 4.21. The number of phosphoric ester groups is 1. The molecule has 0 aliphatic rings. The monoisotopic (exact) mass is 737 g/mol. The molecule has 0 aliphatic heterocycles. The number of quaternary nitrogens is 1. The molecule has 0 saturated heterocycles. The number of aliphatic hydroxyl groups excluding tert-OH is 1. The molecule has 0 spiro atoms. The Bertz CT molecular complexity index is 1020. The minimum absolute atomic E-state index is 0.00587. The third-order valence-electron chi connectivity index (χ3n) is 8.52. The molecule has 3 atom stereocenters. The Morgan fingerprint density at radius 3 is 1.75 bits per heavy atom. The number of rotatable bonds is 35. The molecule has 9 heteroatoms. The van der Waals surface area contributed by atoms with E-state index in [9.17, 15) is 19.4 Å². The fourth-order valence-electron chi connectivity index (χ4n) is 5.30. The van der Waals surface area contributed by atoms with Gasteiger partial charge in [-0.3, -0.25) is 9.36 Å². The lowest BCUT2D eigenvalue weighted by Gasteiger charge is -2.30. The number of carbonyl (C=O) groups excluding carboxylic acids is 1. The Hall–Kier alpha value is -1.80. The van der Waals surface area contributed by atoms with Crippen LogP contribution in [0.25, 0.3) is 0 Å². The summed E-state index contributed by atoms with van der Waals surface area (Å²) in [6.07, 6.45) is 42.5. The van der Waals surface area contributed by atoms with Crippen LogP contribution in [-0.2, 0) is 18.4 Å². The second-order valence-electron chi connectivity index (χ2n) is 14.6. The summed E-state index contributed by atoms with van der Waals surface area (Å²) in [5.74, 6) is -0.186. The van der Waals surface area contributed by atoms with Crippen LogP contribution in [-0.4, -0.2) is 68.5 Å². The van der Waals surface area contributed by atoms with E-state index in [1.807, 2.05) is 21.1 Å². The average molecular weight is 737 g/mol. The van der Waals surface area contributed by atoms with E-state index in [4.69, 9.17) is 9.05 Å². The van der Waals surface area contributed by atoms with Gasteiger partial charge in [0.1, 0.15) is 13.2 Å². The number of allylic oxidation sites excluding steroid dienone is 10. The molecule has 0 aromatic carbocycles. The molecule has 0 aromatic rings. The third-order valence-corrected chi connectivity index (χ3v) is 9.48. The van der Waals surface area contributed by atoms with Crippen LogP contribution in [0.15, 0.2) is 60.8 Å². The average Bonchev–Trinajstić information content (AvgIpc) is 3.07. The van der Waals surface area contributed by atoms with Crippen molar-refractivity contribution in [1.82, 2.24) is 5.32 Å². The van der Waals surface area contributed by atoms with Gasteiger partial charge in [0.25, 0.3) is 7.82 Å². The van der Waals surface area contributed by atoms with Crippen LogP contribution >= 0.6 is 7.82 Å². The Morgan fingerprint density at radius 1 is 0.706 bits per heavy atom. The van der Waals surface area contributed by atoms with Gasteiger partial charge in [0.05, 0.1) is 39.9 Å². The van der Waals surface area contributed by atoms with Crippen molar-refractivity contribution in [2.45, 2.75) is 161 Å². The van der Waals surface area contributed by atoms with Crippen LogP contribution in [0, 0.1) is 0 Å². The third kappa shape index (κ3) is 36.4. The molecule has 296 valence electrons. The van der Waals surface area contributed by atoms with Crippen molar-refractivity contribution in [2.75, 3.05) is 40.9 Å². The lowest BCUT2D eigenvalue weighted by Crippen LogP contribution is -2.46. The quantitative estimate of drug-likeness (QED) is 0.0290. The van der Waals surface area contributed by atoms with Crippen LogP contribution in [0.3, 0.4) is 0 Å². The highest BCUT2D eigenvalue weighted by Gasteiger charge is 2.24. The summed E-state index contributed by atoms with van der Waals surface area (Å²) >= 11 is 0. The predicted molar refractivity (Wildman–Crippen MR) is 214 cm³/mol. The lowest BCUT2D eigenvalue weighted by molar-refractivity contribution is -0.870. The molecule has 0 aliphatic carbocycles. The molecule has 0 rings (SSSR count). The number of amides is 1. The number of likely N-dealkylation sites (N-methyl/N-ethyl adjacent to an activating group) is 1. The molecule has 0 saturated carbocycles. The molecule has 1 amide bonds. The van der Waals surface area contributed by atoms with Crippen molar-refractivity contribution in [3.8, 4) is 0 Å². The van der Waals surface area contributed by atoms with Crippen LogP contribution in [0.4, 0.5) is 0 Å². The first-order valence-electron chi connectivity index (χ1n) is 20.1. The van der Waals surface area contributed by atoms with Crippen molar-refractivity contribution in [3.63, 3.8) is 0 Å². The molecular weight excluding hydrogens is 659 g/mol. The molecule has 3 unspecified atom stereocenters. The summed E-state index contributed by atoms with van der Waals surface area (Å²) in [6, 6.07) is -0.805. The van der Waals surface area contributed by atoms with E-state index in [0.717, 1.165) is 83.5 Å². The largest absolute Gasteiger partial charge is 0.756 e. The highest BCUT2D eigenvalue weighted by Crippen LogP contribution is 2.38. The van der Waals surface area contributed by atoms with E-state index in [2.05, 4.69) is 79.9 Å². The Morgan fingerprint density at radius 2 is 1.20 bits per heavy atom. The van der Waals surface area contributed by atoms with E-state index in [-0.39, 0.29) is 19.1 Å². The standard InChI is InChI=1S/C42H77N2O6P/c1-6-8-10-12-14-15-16-17-18-19-20-21-22-23-24-25-26-27-28-29-30-32-34-36-42(46)43-40(41(45)35-33-31-13-11-9-7-2)39-50-51(47,48)49-38-37-44(3,4)5/h8,10,14-15,17-18,20-21,23-24,40-41,45H,6-7,9,11-13,16,19,22,25-39H2,1-5H3,(H-,43,46,47,48)/b10-8-,15-14-,18-17-,21-20-,24-23-. The zero-order valence-electron chi connectivity index (χ0n) is 33.3. The number of aliphatic hydroxyl groups is 1. The molecular formula is C42H77N2O6P. The number of hydrogen-bond acceptors (Lipinski definition) is 6. The van der Waals surface area contributed by atoms with Crippen molar-refractivity contribution in [1.29, 1.82) is 0 Å². The maximum absolute atomic E-state index is 12.8. The molecule has 0 aromatic heterocycles. The second-order valence-corrected chi connectivity index (χ2v) is 16.0. The summed E-state index contributed by atoms with van der Waals surface area (Å²) < 4.78 is 23.0. The highest BCUT2D eigenvalue weighted by atomic mass is 31.2. The first-order chi connectivity index (χ1) is 24.5. The molecule has 2 N–H and O–H groups in total. The van der Waals surface area contributed by atoms with Crippen LogP contribution in [0.2, 0.25) is 0 Å². The first-order valence-corrected chi connectivity index (χ1v) is 21.6. The van der Waals surface area contributed by atoms with Crippen LogP contribution in [0.1, 0.15) is 149 Å². The van der Waals surface area contributed by atoms with Crippen LogP contribution in [0.5, 0.6) is 0 Å². The summed E-state index contributed by atoms with van der Waals surface area (Å²) in [7, 11) is 1.28. The van der Waals surface area contributed by atoms with Gasteiger partial charge >= 0.3 is 0 Å². The minimum atomic E-state index is -4.55. The van der Waals surface area contributed by atoms with E-state index < -0.39 is 20.0 Å². The fourth-order valence-corrected chi connectivity index (χ4v) is 6.02. The summed E-state index contributed by atoms with van der Waals surface area (Å²) in [5, 5.41) is 13.7. The van der Waals surface area contributed by atoms with E-state index in [1.165, 1.54) is 38.5 Å². The fraction of sp³-hybridized carbons (Fsp3) is 0.738. The second kappa shape index (κ2) is 34.0. The van der Waals surface area contributed by atoms with Gasteiger partial charge in [0.15, 0.2) is 0 Å². The zero-order chi connectivity index (χ0) is 37.9. The Labute approximate surface area is 313 Å². The van der Waals surface area contributed by atoms with Gasteiger partial charge in [-0.15, -0.1) is 0 Å². The summed E-state index contributed by atoms with van der Waals surface area (Å²) in [5.41, 5.74) is 0. The van der Waals surface area contributed by atoms with Crippen molar-refractivity contribution in [2.24, 2.45) is 0 Å². The maximum Gasteiger partial charge on any atom is 0.268 e. The number of nitrogens with zero attached hydrogens (tertiary/aromatic N) is 1.